The molecule has 2 nitrogen and oxygen atoms in total. The fraction of sp³-hybridized carbons (Fsp3) is 0.316. The van der Waals surface area contributed by atoms with E-state index in [1.807, 2.05) is 41.3 Å². The van der Waals surface area contributed by atoms with Crippen LogP contribution in [0.15, 0.2) is 60.7 Å². The van der Waals surface area contributed by atoms with Crippen molar-refractivity contribution in [1.82, 2.24) is 4.90 Å². The Morgan fingerprint density at radius 2 is 1.36 bits per heavy atom. The van der Waals surface area contributed by atoms with Crippen molar-refractivity contribution in [1.29, 1.82) is 0 Å². The lowest BCUT2D eigenvalue weighted by molar-refractivity contribution is -0.150. The smallest absolute Gasteiger partial charge is 0.243 e. The topological polar surface area (TPSA) is 20.3 Å². The van der Waals surface area contributed by atoms with E-state index in [4.69, 9.17) is 11.6 Å². The Labute approximate surface area is 136 Å². The Morgan fingerprint density at radius 3 is 1.77 bits per heavy atom. The number of rotatable bonds is 4. The van der Waals surface area contributed by atoms with Gasteiger partial charge in [0.05, 0.1) is 12.1 Å². The van der Waals surface area contributed by atoms with Crippen LogP contribution in [0.1, 0.15) is 31.0 Å². The maximum Gasteiger partial charge on any atom is 0.243 e. The number of β-lactam (4-membered cyclic amide) rings is 1. The zero-order chi connectivity index (χ0) is 15.7. The monoisotopic (exact) mass is 313 g/mol. The van der Waals surface area contributed by atoms with Gasteiger partial charge < -0.3 is 4.90 Å². The van der Waals surface area contributed by atoms with Crippen LogP contribution in [0, 0.1) is 5.92 Å². The number of amides is 1. The van der Waals surface area contributed by atoms with E-state index in [2.05, 4.69) is 38.1 Å². The van der Waals surface area contributed by atoms with Gasteiger partial charge in [0, 0.05) is 0 Å². The van der Waals surface area contributed by atoms with Gasteiger partial charge in [-0.05, 0) is 17.0 Å². The van der Waals surface area contributed by atoms with Gasteiger partial charge in [0.2, 0.25) is 5.91 Å². The quantitative estimate of drug-likeness (QED) is 0.610. The Hall–Kier alpha value is -1.80. The van der Waals surface area contributed by atoms with E-state index in [1.54, 1.807) is 0 Å². The fourth-order valence-corrected chi connectivity index (χ4v) is 3.76. The van der Waals surface area contributed by atoms with Crippen LogP contribution in [0.4, 0.5) is 0 Å². The molecule has 0 N–H and O–H groups in total. The summed E-state index contributed by atoms with van der Waals surface area (Å²) < 4.78 is 0. The molecule has 1 aliphatic heterocycles. The van der Waals surface area contributed by atoms with Crippen LogP contribution in [0.25, 0.3) is 0 Å². The van der Waals surface area contributed by atoms with E-state index in [0.717, 1.165) is 11.1 Å². The molecule has 2 aromatic carbocycles. The van der Waals surface area contributed by atoms with Gasteiger partial charge in [-0.25, -0.2) is 0 Å². The second-order valence-corrected chi connectivity index (χ2v) is 6.58. The number of alkyl halides is 1. The highest BCUT2D eigenvalue weighted by molar-refractivity contribution is 6.33. The molecule has 0 bridgehead atoms. The number of halogens is 1. The predicted molar refractivity (Wildman–Crippen MR) is 89.8 cm³/mol. The second-order valence-electron chi connectivity index (χ2n) is 6.11. The molecule has 3 rings (SSSR count). The third kappa shape index (κ3) is 2.52. The Bertz CT molecular complexity index is 601. The first kappa shape index (κ1) is 15.1. The summed E-state index contributed by atoms with van der Waals surface area (Å²) in [4.78, 5) is 14.4. The third-order valence-electron chi connectivity index (χ3n) is 4.30. The zero-order valence-electron chi connectivity index (χ0n) is 12.8. The van der Waals surface area contributed by atoms with Crippen molar-refractivity contribution in [2.75, 3.05) is 0 Å². The van der Waals surface area contributed by atoms with E-state index in [1.165, 1.54) is 0 Å². The molecule has 3 heteroatoms. The minimum absolute atomic E-state index is 0.0260. The summed E-state index contributed by atoms with van der Waals surface area (Å²) in [5.41, 5.74) is 2.24. The van der Waals surface area contributed by atoms with Crippen molar-refractivity contribution in [2.45, 2.75) is 31.3 Å². The lowest BCUT2D eigenvalue weighted by Gasteiger charge is -2.51. The number of likely N-dealkylation sites (tertiary alicyclic amines) is 1. The lowest BCUT2D eigenvalue weighted by atomic mass is 9.84. The van der Waals surface area contributed by atoms with Gasteiger partial charge in [-0.2, -0.15) is 0 Å². The van der Waals surface area contributed by atoms with Crippen LogP contribution in [0.5, 0.6) is 0 Å². The van der Waals surface area contributed by atoms with Crippen molar-refractivity contribution in [3.8, 4) is 0 Å². The summed E-state index contributed by atoms with van der Waals surface area (Å²) in [5.74, 6) is 0.355. The molecule has 0 spiro atoms. The summed E-state index contributed by atoms with van der Waals surface area (Å²) in [6.45, 7) is 4.24. The highest BCUT2D eigenvalue weighted by Gasteiger charge is 2.51. The molecule has 1 aliphatic rings. The number of nitrogens with zero attached hydrogens (tertiary/aromatic N) is 1. The number of benzene rings is 2. The maximum absolute atomic E-state index is 12.5. The van der Waals surface area contributed by atoms with Crippen LogP contribution < -0.4 is 0 Å². The molecule has 0 saturated carbocycles. The first-order valence-corrected chi connectivity index (χ1v) is 8.11. The summed E-state index contributed by atoms with van der Waals surface area (Å²) in [6.07, 6.45) is 0. The second kappa shape index (κ2) is 6.13. The van der Waals surface area contributed by atoms with Crippen molar-refractivity contribution < 1.29 is 4.79 Å². The molecule has 2 atom stereocenters. The average molecular weight is 314 g/mol. The van der Waals surface area contributed by atoms with E-state index in [9.17, 15) is 4.79 Å². The maximum atomic E-state index is 12.5. The minimum Gasteiger partial charge on any atom is -0.325 e. The number of hydrogen-bond acceptors (Lipinski definition) is 1. The number of carbonyl (C=O) groups is 1. The largest absolute Gasteiger partial charge is 0.325 e. The Kier molecular flexibility index (Phi) is 4.21. The molecule has 1 amide bonds. The van der Waals surface area contributed by atoms with E-state index >= 15 is 0 Å². The standard InChI is InChI=1S/C19H20ClNO/c1-13(2)17-16(20)19(22)21(17)18(14-9-5-3-6-10-14)15-11-7-4-8-12-15/h3-13,16-18H,1-2H3/t16-,17+/m1/s1. The third-order valence-corrected chi connectivity index (χ3v) is 4.75. The van der Waals surface area contributed by atoms with Crippen LogP contribution >= 0.6 is 11.6 Å². The average Bonchev–Trinajstić information content (AvgIpc) is 2.55. The molecule has 2 aromatic rings. The summed E-state index contributed by atoms with van der Waals surface area (Å²) in [7, 11) is 0. The molecular weight excluding hydrogens is 294 g/mol. The minimum atomic E-state index is -0.407. The number of carbonyl (C=O) groups excluding carboxylic acids is 1. The summed E-state index contributed by atoms with van der Waals surface area (Å²) >= 11 is 6.28. The van der Waals surface area contributed by atoms with Gasteiger partial charge in [-0.15, -0.1) is 11.6 Å². The van der Waals surface area contributed by atoms with E-state index < -0.39 is 5.38 Å². The van der Waals surface area contributed by atoms with Crippen molar-refractivity contribution in [3.63, 3.8) is 0 Å². The molecule has 0 aliphatic carbocycles. The first-order chi connectivity index (χ1) is 10.6. The van der Waals surface area contributed by atoms with Crippen LogP contribution in [0.2, 0.25) is 0 Å². The molecule has 1 heterocycles. The SMILES string of the molecule is CC(C)[C@H]1[C@@H](Cl)C(=O)N1C(c1ccccc1)c1ccccc1. The molecular formula is C19H20ClNO. The van der Waals surface area contributed by atoms with E-state index in [-0.39, 0.29) is 18.0 Å². The van der Waals surface area contributed by atoms with Gasteiger partial charge in [0.1, 0.15) is 5.38 Å². The predicted octanol–water partition coefficient (Wildman–Crippen LogP) is 4.25. The molecule has 0 radical (unpaired) electrons. The zero-order valence-corrected chi connectivity index (χ0v) is 13.6. The van der Waals surface area contributed by atoms with Crippen LogP contribution in [0.3, 0.4) is 0 Å². The summed E-state index contributed by atoms with van der Waals surface area (Å²) in [5, 5.41) is -0.407. The van der Waals surface area contributed by atoms with Gasteiger partial charge in [0.25, 0.3) is 0 Å². The first-order valence-electron chi connectivity index (χ1n) is 7.67. The van der Waals surface area contributed by atoms with Crippen molar-refractivity contribution in [2.24, 2.45) is 5.92 Å². The fourth-order valence-electron chi connectivity index (χ4n) is 3.24. The van der Waals surface area contributed by atoms with Gasteiger partial charge >= 0.3 is 0 Å². The van der Waals surface area contributed by atoms with Crippen molar-refractivity contribution >= 4 is 17.5 Å². The Morgan fingerprint density at radius 1 is 0.909 bits per heavy atom. The molecule has 22 heavy (non-hydrogen) atoms. The van der Waals surface area contributed by atoms with Gasteiger partial charge in [-0.1, -0.05) is 74.5 Å². The molecule has 0 unspecified atom stereocenters. The molecule has 1 fully saturated rings. The molecule has 114 valence electrons. The molecule has 0 aromatic heterocycles. The highest BCUT2D eigenvalue weighted by Crippen LogP contribution is 2.41. The number of hydrogen-bond donors (Lipinski definition) is 0. The Balaban J connectivity index is 2.05. The highest BCUT2D eigenvalue weighted by atomic mass is 35.5. The lowest BCUT2D eigenvalue weighted by Crippen LogP contribution is -2.65. The normalized spacial score (nSPS) is 21.3. The molecule has 1 saturated heterocycles. The van der Waals surface area contributed by atoms with Crippen LogP contribution in [-0.2, 0) is 4.79 Å². The summed E-state index contributed by atoms with van der Waals surface area (Å²) in [6, 6.07) is 20.3. The van der Waals surface area contributed by atoms with Crippen LogP contribution in [-0.4, -0.2) is 22.2 Å². The van der Waals surface area contributed by atoms with E-state index in [0.29, 0.717) is 5.92 Å². The van der Waals surface area contributed by atoms with Gasteiger partial charge in [0.15, 0.2) is 0 Å². The van der Waals surface area contributed by atoms with Crippen molar-refractivity contribution in [3.05, 3.63) is 71.8 Å². The van der Waals surface area contributed by atoms with Gasteiger partial charge in [-0.3, -0.25) is 4.79 Å².